The third-order valence-corrected chi connectivity index (χ3v) is 5.44. The van der Waals surface area contributed by atoms with Crippen molar-refractivity contribution >= 4 is 49.1 Å². The Labute approximate surface area is 159 Å². The van der Waals surface area contributed by atoms with E-state index in [4.69, 9.17) is 10.5 Å². The van der Waals surface area contributed by atoms with E-state index in [9.17, 15) is 4.79 Å². The van der Waals surface area contributed by atoms with Crippen LogP contribution in [-0.2, 0) is 6.61 Å². The average molecular weight is 468 g/mol. The van der Waals surface area contributed by atoms with Crippen molar-refractivity contribution in [2.24, 2.45) is 5.73 Å². The molecule has 0 spiro atoms. The Bertz CT molecular complexity index is 858. The third-order valence-electron chi connectivity index (χ3n) is 3.25. The molecule has 122 valence electrons. The van der Waals surface area contributed by atoms with Gasteiger partial charge in [0, 0.05) is 16.5 Å². The first-order chi connectivity index (χ1) is 11.5. The topological polar surface area (TPSA) is 65.2 Å². The quantitative estimate of drug-likeness (QED) is 0.573. The van der Waals surface area contributed by atoms with E-state index in [-0.39, 0.29) is 0 Å². The van der Waals surface area contributed by atoms with Crippen molar-refractivity contribution < 1.29 is 9.53 Å². The van der Waals surface area contributed by atoms with Crippen LogP contribution in [0.15, 0.2) is 56.8 Å². The van der Waals surface area contributed by atoms with Crippen LogP contribution in [0.3, 0.4) is 0 Å². The molecule has 3 rings (SSSR count). The first kappa shape index (κ1) is 17.1. The zero-order valence-corrected chi connectivity index (χ0v) is 16.3. The largest absolute Gasteiger partial charge is 0.485 e. The highest BCUT2D eigenvalue weighted by Crippen LogP contribution is 2.34. The second-order valence-electron chi connectivity index (χ2n) is 4.93. The van der Waals surface area contributed by atoms with Crippen molar-refractivity contribution in [1.29, 1.82) is 0 Å². The summed E-state index contributed by atoms with van der Waals surface area (Å²) in [6.45, 7) is 0.372. The van der Waals surface area contributed by atoms with Gasteiger partial charge in [-0.3, -0.25) is 4.79 Å². The fourth-order valence-electron chi connectivity index (χ4n) is 2.05. The van der Waals surface area contributed by atoms with E-state index in [0.29, 0.717) is 12.2 Å². The molecule has 2 aromatic carbocycles. The monoisotopic (exact) mass is 466 g/mol. The summed E-state index contributed by atoms with van der Waals surface area (Å²) < 4.78 is 7.61. The Kier molecular flexibility index (Phi) is 5.33. The van der Waals surface area contributed by atoms with Gasteiger partial charge in [-0.15, -0.1) is 11.3 Å². The molecule has 7 heteroatoms. The number of hydrogen-bond acceptors (Lipinski definition) is 4. The van der Waals surface area contributed by atoms with Crippen LogP contribution >= 0.6 is 43.2 Å². The molecule has 3 aromatic rings. The van der Waals surface area contributed by atoms with Crippen LogP contribution in [0, 0.1) is 0 Å². The Morgan fingerprint density at radius 3 is 2.42 bits per heavy atom. The van der Waals surface area contributed by atoms with Crippen molar-refractivity contribution in [3.8, 4) is 16.3 Å². The lowest BCUT2D eigenvalue weighted by atomic mass is 10.1. The summed E-state index contributed by atoms with van der Waals surface area (Å²) in [5, 5.41) is 2.83. The van der Waals surface area contributed by atoms with Crippen LogP contribution in [0.4, 0.5) is 0 Å². The Morgan fingerprint density at radius 2 is 1.79 bits per heavy atom. The minimum atomic E-state index is -0.436. The molecule has 2 N–H and O–H groups in total. The van der Waals surface area contributed by atoms with Crippen molar-refractivity contribution in [2.75, 3.05) is 0 Å². The summed E-state index contributed by atoms with van der Waals surface area (Å²) in [5.41, 5.74) is 7.52. The van der Waals surface area contributed by atoms with E-state index in [1.165, 1.54) is 11.3 Å². The van der Waals surface area contributed by atoms with E-state index >= 15 is 0 Å². The minimum Gasteiger partial charge on any atom is -0.485 e. The maximum absolute atomic E-state index is 11.1. The predicted octanol–water partition coefficient (Wildman–Crippen LogP) is 5.01. The zero-order valence-electron chi connectivity index (χ0n) is 12.3. The van der Waals surface area contributed by atoms with Gasteiger partial charge >= 0.3 is 0 Å². The number of nitrogens with two attached hydrogens (primary N) is 1. The average Bonchev–Trinajstić information content (AvgIpc) is 3.03. The number of halogens is 2. The van der Waals surface area contributed by atoms with E-state index < -0.39 is 5.91 Å². The number of primary amides is 1. The molecule has 0 saturated heterocycles. The molecule has 0 bridgehead atoms. The van der Waals surface area contributed by atoms with Crippen LogP contribution in [0.25, 0.3) is 10.6 Å². The standard InChI is InChI=1S/C17H12Br2N2O2S/c18-13-2-1-3-14(19)15(13)23-8-12-9-24-17(21-12)11-6-4-10(5-7-11)16(20)22/h1-7,9H,8H2,(H2,20,22). The molecule has 0 aliphatic heterocycles. The van der Waals surface area contributed by atoms with E-state index in [2.05, 4.69) is 36.8 Å². The number of amides is 1. The van der Waals surface area contributed by atoms with Crippen molar-refractivity contribution in [3.05, 3.63) is 68.0 Å². The fourth-order valence-corrected chi connectivity index (χ4v) is 4.09. The Hall–Kier alpha value is -1.70. The van der Waals surface area contributed by atoms with Gasteiger partial charge in [-0.05, 0) is 56.1 Å². The van der Waals surface area contributed by atoms with Gasteiger partial charge in [0.1, 0.15) is 17.4 Å². The Morgan fingerprint density at radius 1 is 1.12 bits per heavy atom. The maximum atomic E-state index is 11.1. The lowest BCUT2D eigenvalue weighted by molar-refractivity contribution is 0.100. The van der Waals surface area contributed by atoms with E-state index in [1.54, 1.807) is 12.1 Å². The molecule has 0 aliphatic rings. The minimum absolute atomic E-state index is 0.372. The second-order valence-corrected chi connectivity index (χ2v) is 7.49. The molecule has 1 heterocycles. The van der Waals surface area contributed by atoms with Crippen molar-refractivity contribution in [1.82, 2.24) is 4.98 Å². The molecule has 0 fully saturated rings. The number of carbonyl (C=O) groups excluding carboxylic acids is 1. The predicted molar refractivity (Wildman–Crippen MR) is 102 cm³/mol. The first-order valence-corrected chi connectivity index (χ1v) is 9.42. The fraction of sp³-hybridized carbons (Fsp3) is 0.0588. The highest BCUT2D eigenvalue weighted by molar-refractivity contribution is 9.11. The number of thiazole rings is 1. The number of para-hydroxylation sites is 1. The number of nitrogens with zero attached hydrogens (tertiary/aromatic N) is 1. The van der Waals surface area contributed by atoms with Gasteiger partial charge in [0.05, 0.1) is 14.6 Å². The molecule has 0 aliphatic carbocycles. The number of benzene rings is 2. The van der Waals surface area contributed by atoms with E-state index in [0.717, 1.165) is 31.0 Å². The normalized spacial score (nSPS) is 10.6. The second kappa shape index (κ2) is 7.46. The van der Waals surface area contributed by atoms with Gasteiger partial charge < -0.3 is 10.5 Å². The van der Waals surface area contributed by atoms with Gasteiger partial charge in [-0.25, -0.2) is 4.98 Å². The number of carbonyl (C=O) groups is 1. The zero-order chi connectivity index (χ0) is 17.1. The highest BCUT2D eigenvalue weighted by atomic mass is 79.9. The number of aromatic nitrogens is 1. The van der Waals surface area contributed by atoms with Crippen LogP contribution in [0.2, 0.25) is 0 Å². The summed E-state index contributed by atoms with van der Waals surface area (Å²) >= 11 is 8.47. The van der Waals surface area contributed by atoms with Gasteiger partial charge in [-0.1, -0.05) is 18.2 Å². The summed E-state index contributed by atoms with van der Waals surface area (Å²) in [6.07, 6.45) is 0. The van der Waals surface area contributed by atoms with Gasteiger partial charge in [0.2, 0.25) is 5.91 Å². The van der Waals surface area contributed by atoms with Gasteiger partial charge in [0.15, 0.2) is 0 Å². The number of hydrogen-bond donors (Lipinski definition) is 1. The summed E-state index contributed by atoms with van der Waals surface area (Å²) in [5.74, 6) is 0.312. The van der Waals surface area contributed by atoms with Gasteiger partial charge in [-0.2, -0.15) is 0 Å². The molecule has 0 unspecified atom stereocenters. The highest BCUT2D eigenvalue weighted by Gasteiger charge is 2.09. The molecular formula is C17H12Br2N2O2S. The number of rotatable bonds is 5. The molecular weight excluding hydrogens is 456 g/mol. The van der Waals surface area contributed by atoms with Crippen molar-refractivity contribution in [2.45, 2.75) is 6.61 Å². The third kappa shape index (κ3) is 3.85. The molecule has 0 saturated carbocycles. The molecule has 1 amide bonds. The molecule has 0 radical (unpaired) electrons. The lowest BCUT2D eigenvalue weighted by Crippen LogP contribution is -2.10. The first-order valence-electron chi connectivity index (χ1n) is 6.96. The summed E-state index contributed by atoms with van der Waals surface area (Å²) in [4.78, 5) is 15.7. The molecule has 1 aromatic heterocycles. The van der Waals surface area contributed by atoms with Crippen LogP contribution in [0.5, 0.6) is 5.75 Å². The summed E-state index contributed by atoms with van der Waals surface area (Å²) in [6, 6.07) is 12.9. The van der Waals surface area contributed by atoms with E-state index in [1.807, 2.05) is 35.7 Å². The van der Waals surface area contributed by atoms with Crippen LogP contribution < -0.4 is 10.5 Å². The maximum Gasteiger partial charge on any atom is 0.248 e. The molecule has 0 atom stereocenters. The Balaban J connectivity index is 1.73. The van der Waals surface area contributed by atoms with Crippen LogP contribution in [0.1, 0.15) is 16.1 Å². The lowest BCUT2D eigenvalue weighted by Gasteiger charge is -2.08. The van der Waals surface area contributed by atoms with Gasteiger partial charge in [0.25, 0.3) is 0 Å². The number of ether oxygens (including phenoxy) is 1. The molecule has 4 nitrogen and oxygen atoms in total. The smallest absolute Gasteiger partial charge is 0.248 e. The SMILES string of the molecule is NC(=O)c1ccc(-c2nc(COc3c(Br)cccc3Br)cs2)cc1. The molecule has 24 heavy (non-hydrogen) atoms. The van der Waals surface area contributed by atoms with Crippen molar-refractivity contribution in [3.63, 3.8) is 0 Å². The summed E-state index contributed by atoms with van der Waals surface area (Å²) in [7, 11) is 0. The van der Waals surface area contributed by atoms with Crippen LogP contribution in [-0.4, -0.2) is 10.9 Å².